The highest BCUT2D eigenvalue weighted by atomic mass is 35.5. The van der Waals surface area contributed by atoms with Gasteiger partial charge in [0, 0.05) is 19.1 Å². The Bertz CT molecular complexity index is 471. The van der Waals surface area contributed by atoms with E-state index in [0.717, 1.165) is 32.5 Å². The Morgan fingerprint density at radius 2 is 2.05 bits per heavy atom. The van der Waals surface area contributed by atoms with Gasteiger partial charge in [-0.15, -0.1) is 0 Å². The minimum Gasteiger partial charge on any atom is -0.461 e. The molecule has 1 fully saturated rings. The van der Waals surface area contributed by atoms with Gasteiger partial charge >= 0.3 is 6.01 Å². The molecule has 0 bridgehead atoms. The SMILES string of the molecule is CCC1CN(C)CCCN1c1nc(Cl)nc(OC(C)C)n1. The van der Waals surface area contributed by atoms with E-state index < -0.39 is 0 Å². The highest BCUT2D eigenvalue weighted by molar-refractivity contribution is 6.28. The smallest absolute Gasteiger partial charge is 0.322 e. The third kappa shape index (κ3) is 4.41. The van der Waals surface area contributed by atoms with Crippen molar-refractivity contribution in [3.05, 3.63) is 5.28 Å². The number of halogens is 1. The first kappa shape index (κ1) is 16.2. The van der Waals surface area contributed by atoms with Gasteiger partial charge in [-0.3, -0.25) is 0 Å². The number of nitrogens with zero attached hydrogens (tertiary/aromatic N) is 5. The van der Waals surface area contributed by atoms with E-state index in [-0.39, 0.29) is 11.4 Å². The van der Waals surface area contributed by atoms with Crippen LogP contribution in [-0.2, 0) is 0 Å². The fourth-order valence-electron chi connectivity index (χ4n) is 2.57. The summed E-state index contributed by atoms with van der Waals surface area (Å²) in [4.78, 5) is 17.4. The van der Waals surface area contributed by atoms with Crippen LogP contribution in [0.3, 0.4) is 0 Å². The molecule has 1 saturated heterocycles. The summed E-state index contributed by atoms with van der Waals surface area (Å²) in [5.41, 5.74) is 0. The number of hydrogen-bond acceptors (Lipinski definition) is 6. The van der Waals surface area contributed by atoms with Crippen LogP contribution >= 0.6 is 11.6 Å². The summed E-state index contributed by atoms with van der Waals surface area (Å²) >= 11 is 6.03. The van der Waals surface area contributed by atoms with Crippen molar-refractivity contribution in [2.75, 3.05) is 31.6 Å². The Kier molecular flexibility index (Phi) is 5.58. The lowest BCUT2D eigenvalue weighted by molar-refractivity contribution is 0.221. The van der Waals surface area contributed by atoms with Crippen LogP contribution in [0.15, 0.2) is 0 Å². The van der Waals surface area contributed by atoms with Crippen LogP contribution in [0.1, 0.15) is 33.6 Å². The Labute approximate surface area is 131 Å². The molecule has 1 aliphatic heterocycles. The molecule has 6 nitrogen and oxygen atoms in total. The molecule has 1 aromatic heterocycles. The van der Waals surface area contributed by atoms with Crippen LogP contribution in [0.4, 0.5) is 5.95 Å². The molecular formula is C14H24ClN5O. The van der Waals surface area contributed by atoms with E-state index in [9.17, 15) is 0 Å². The summed E-state index contributed by atoms with van der Waals surface area (Å²) in [6, 6.07) is 0.676. The molecule has 0 radical (unpaired) electrons. The number of aromatic nitrogens is 3. The van der Waals surface area contributed by atoms with Gasteiger partial charge in [0.1, 0.15) is 0 Å². The maximum absolute atomic E-state index is 6.03. The molecule has 2 rings (SSSR count). The van der Waals surface area contributed by atoms with Crippen LogP contribution in [0.2, 0.25) is 5.28 Å². The Hall–Kier alpha value is -1.14. The van der Waals surface area contributed by atoms with E-state index in [1.165, 1.54) is 0 Å². The summed E-state index contributed by atoms with van der Waals surface area (Å²) in [5, 5.41) is 0.183. The van der Waals surface area contributed by atoms with Crippen molar-refractivity contribution in [1.82, 2.24) is 19.9 Å². The summed E-state index contributed by atoms with van der Waals surface area (Å²) < 4.78 is 5.56. The van der Waals surface area contributed by atoms with E-state index >= 15 is 0 Å². The number of ether oxygens (including phenoxy) is 1. The average molecular weight is 314 g/mol. The van der Waals surface area contributed by atoms with Gasteiger partial charge in [-0.25, -0.2) is 0 Å². The van der Waals surface area contributed by atoms with E-state index in [2.05, 4.69) is 38.7 Å². The summed E-state index contributed by atoms with van der Waals surface area (Å²) in [5.74, 6) is 0.618. The van der Waals surface area contributed by atoms with Crippen LogP contribution in [0.5, 0.6) is 6.01 Å². The molecule has 118 valence electrons. The Morgan fingerprint density at radius 1 is 1.29 bits per heavy atom. The number of likely N-dealkylation sites (N-methyl/N-ethyl adjacent to an activating group) is 1. The maximum Gasteiger partial charge on any atom is 0.322 e. The predicted octanol–water partition coefficient (Wildman–Crippen LogP) is 2.23. The second-order valence-corrected chi connectivity index (χ2v) is 6.06. The molecule has 0 saturated carbocycles. The Morgan fingerprint density at radius 3 is 2.71 bits per heavy atom. The maximum atomic E-state index is 6.03. The van der Waals surface area contributed by atoms with Crippen LogP contribution in [-0.4, -0.2) is 58.7 Å². The third-order valence-electron chi connectivity index (χ3n) is 3.55. The average Bonchev–Trinajstić information content (AvgIpc) is 2.58. The van der Waals surface area contributed by atoms with Crippen molar-refractivity contribution < 1.29 is 4.74 Å². The molecule has 1 atom stereocenters. The van der Waals surface area contributed by atoms with E-state index in [4.69, 9.17) is 16.3 Å². The minimum atomic E-state index is 0.00792. The molecule has 0 spiro atoms. The fourth-order valence-corrected chi connectivity index (χ4v) is 2.72. The molecule has 1 aliphatic rings. The van der Waals surface area contributed by atoms with Crippen molar-refractivity contribution in [3.63, 3.8) is 0 Å². The quantitative estimate of drug-likeness (QED) is 0.849. The predicted molar refractivity (Wildman–Crippen MR) is 84.1 cm³/mol. The van der Waals surface area contributed by atoms with Crippen molar-refractivity contribution >= 4 is 17.5 Å². The molecule has 21 heavy (non-hydrogen) atoms. The van der Waals surface area contributed by atoms with Crippen molar-refractivity contribution in [1.29, 1.82) is 0 Å². The lowest BCUT2D eigenvalue weighted by Crippen LogP contribution is -2.40. The number of anilines is 1. The summed E-state index contributed by atoms with van der Waals surface area (Å²) in [7, 11) is 2.15. The molecule has 0 amide bonds. The highest BCUT2D eigenvalue weighted by Gasteiger charge is 2.25. The van der Waals surface area contributed by atoms with Gasteiger partial charge in [0.15, 0.2) is 0 Å². The van der Waals surface area contributed by atoms with Gasteiger partial charge in [-0.2, -0.15) is 15.0 Å². The molecule has 0 aromatic carbocycles. The second kappa shape index (κ2) is 7.22. The molecule has 1 aromatic rings. The molecule has 0 N–H and O–H groups in total. The van der Waals surface area contributed by atoms with E-state index in [1.54, 1.807) is 0 Å². The lowest BCUT2D eigenvalue weighted by atomic mass is 10.2. The largest absolute Gasteiger partial charge is 0.461 e. The zero-order chi connectivity index (χ0) is 15.4. The van der Waals surface area contributed by atoms with Gasteiger partial charge in [0.25, 0.3) is 0 Å². The van der Waals surface area contributed by atoms with Crippen molar-refractivity contribution in [2.45, 2.75) is 45.8 Å². The van der Waals surface area contributed by atoms with Crippen LogP contribution in [0, 0.1) is 0 Å². The zero-order valence-corrected chi connectivity index (χ0v) is 14.0. The summed E-state index contributed by atoms with van der Waals surface area (Å²) in [6.07, 6.45) is 2.12. The van der Waals surface area contributed by atoms with Crippen LogP contribution < -0.4 is 9.64 Å². The zero-order valence-electron chi connectivity index (χ0n) is 13.2. The first-order chi connectivity index (χ1) is 9.99. The topological polar surface area (TPSA) is 54.4 Å². The van der Waals surface area contributed by atoms with Crippen LogP contribution in [0.25, 0.3) is 0 Å². The third-order valence-corrected chi connectivity index (χ3v) is 3.72. The number of hydrogen-bond donors (Lipinski definition) is 0. The normalized spacial score (nSPS) is 20.7. The molecule has 2 heterocycles. The van der Waals surface area contributed by atoms with Gasteiger partial charge in [0.05, 0.1) is 6.10 Å². The fraction of sp³-hybridized carbons (Fsp3) is 0.786. The Balaban J connectivity index is 2.27. The van der Waals surface area contributed by atoms with Crippen molar-refractivity contribution in [3.8, 4) is 6.01 Å². The molecule has 7 heteroatoms. The molecule has 0 aliphatic carbocycles. The van der Waals surface area contributed by atoms with Gasteiger partial charge in [-0.1, -0.05) is 6.92 Å². The van der Waals surface area contributed by atoms with Crippen molar-refractivity contribution in [2.24, 2.45) is 0 Å². The van der Waals surface area contributed by atoms with Gasteiger partial charge < -0.3 is 14.5 Å². The van der Waals surface area contributed by atoms with E-state index in [1.807, 2.05) is 13.8 Å². The van der Waals surface area contributed by atoms with Gasteiger partial charge in [-0.05, 0) is 51.9 Å². The standard InChI is InChI=1S/C14H24ClN5O/c1-5-11-9-19(4)7-6-8-20(11)13-16-12(15)17-14(18-13)21-10(2)3/h10-11H,5-9H2,1-4H3. The van der Waals surface area contributed by atoms with E-state index in [0.29, 0.717) is 18.0 Å². The first-order valence-electron chi connectivity index (χ1n) is 7.53. The second-order valence-electron chi connectivity index (χ2n) is 5.72. The highest BCUT2D eigenvalue weighted by Crippen LogP contribution is 2.21. The first-order valence-corrected chi connectivity index (χ1v) is 7.90. The summed E-state index contributed by atoms with van der Waals surface area (Å²) in [6.45, 7) is 9.07. The van der Waals surface area contributed by atoms with Gasteiger partial charge in [0.2, 0.25) is 11.2 Å². The number of rotatable bonds is 4. The molecular weight excluding hydrogens is 290 g/mol. The monoisotopic (exact) mass is 313 g/mol. The molecule has 1 unspecified atom stereocenters. The minimum absolute atomic E-state index is 0.00792. The lowest BCUT2D eigenvalue weighted by Gasteiger charge is -2.30.